The molecule has 0 saturated carbocycles. The van der Waals surface area contributed by atoms with Gasteiger partial charge in [-0.05, 0) is 60.4 Å². The zero-order valence-electron chi connectivity index (χ0n) is 15.9. The normalized spacial score (nSPS) is 12.9. The lowest BCUT2D eigenvalue weighted by Gasteiger charge is -2.30. The van der Waals surface area contributed by atoms with Gasteiger partial charge in [-0.15, -0.1) is 0 Å². The fourth-order valence-electron chi connectivity index (χ4n) is 3.59. The molecule has 2 amide bonds. The van der Waals surface area contributed by atoms with Crippen molar-refractivity contribution in [2.45, 2.75) is 19.3 Å². The number of benzene rings is 3. The average molecular weight is 388 g/mol. The van der Waals surface area contributed by atoms with Crippen LogP contribution in [-0.4, -0.2) is 18.4 Å². The lowest BCUT2D eigenvalue weighted by atomic mass is 10.00. The number of halogens is 1. The first-order valence-electron chi connectivity index (χ1n) is 9.64. The van der Waals surface area contributed by atoms with Crippen LogP contribution in [0.5, 0.6) is 0 Å². The quantitative estimate of drug-likeness (QED) is 0.710. The van der Waals surface area contributed by atoms with Gasteiger partial charge in [-0.1, -0.05) is 36.4 Å². The Hall–Kier alpha value is -3.47. The third-order valence-corrected chi connectivity index (χ3v) is 5.03. The first-order chi connectivity index (χ1) is 14.1. The van der Waals surface area contributed by atoms with E-state index in [2.05, 4.69) is 5.32 Å². The number of anilines is 2. The summed E-state index contributed by atoms with van der Waals surface area (Å²) in [6.07, 6.45) is 1.96. The number of fused-ring (bicyclic) bond motifs is 1. The van der Waals surface area contributed by atoms with Crippen LogP contribution in [0.3, 0.4) is 0 Å². The van der Waals surface area contributed by atoms with Crippen molar-refractivity contribution in [3.05, 3.63) is 95.3 Å². The number of aryl methyl sites for hydroxylation is 1. The number of amides is 2. The van der Waals surface area contributed by atoms with Gasteiger partial charge in [0.05, 0.1) is 6.42 Å². The molecule has 0 fully saturated rings. The summed E-state index contributed by atoms with van der Waals surface area (Å²) in [5.41, 5.74) is 3.96. The molecule has 5 heteroatoms. The van der Waals surface area contributed by atoms with Crippen molar-refractivity contribution in [2.75, 3.05) is 16.8 Å². The van der Waals surface area contributed by atoms with Crippen LogP contribution >= 0.6 is 0 Å². The van der Waals surface area contributed by atoms with Crippen molar-refractivity contribution in [3.63, 3.8) is 0 Å². The fourth-order valence-corrected chi connectivity index (χ4v) is 3.59. The molecule has 1 aliphatic heterocycles. The summed E-state index contributed by atoms with van der Waals surface area (Å²) in [6, 6.07) is 20.8. The topological polar surface area (TPSA) is 49.4 Å². The molecular formula is C24H21FN2O2. The van der Waals surface area contributed by atoms with Crippen molar-refractivity contribution >= 4 is 23.2 Å². The summed E-state index contributed by atoms with van der Waals surface area (Å²) in [4.78, 5) is 27.1. The lowest BCUT2D eigenvalue weighted by molar-refractivity contribution is -0.115. The summed E-state index contributed by atoms with van der Waals surface area (Å²) < 4.78 is 13.0. The van der Waals surface area contributed by atoms with Crippen molar-refractivity contribution in [1.82, 2.24) is 0 Å². The Kier molecular flexibility index (Phi) is 5.38. The maximum Gasteiger partial charge on any atom is 0.258 e. The lowest BCUT2D eigenvalue weighted by Crippen LogP contribution is -2.35. The molecule has 1 aliphatic rings. The van der Waals surface area contributed by atoms with Crippen molar-refractivity contribution in [3.8, 4) is 0 Å². The molecule has 0 spiro atoms. The van der Waals surface area contributed by atoms with E-state index in [1.54, 1.807) is 17.0 Å². The number of hydrogen-bond acceptors (Lipinski definition) is 2. The van der Waals surface area contributed by atoms with E-state index in [-0.39, 0.29) is 24.1 Å². The fraction of sp³-hybridized carbons (Fsp3) is 0.167. The summed E-state index contributed by atoms with van der Waals surface area (Å²) in [5.74, 6) is -0.554. The van der Waals surface area contributed by atoms with E-state index in [9.17, 15) is 14.0 Å². The Morgan fingerprint density at radius 3 is 2.48 bits per heavy atom. The maximum atomic E-state index is 13.0. The highest BCUT2D eigenvalue weighted by Gasteiger charge is 2.24. The molecule has 1 heterocycles. The molecular weight excluding hydrogens is 367 g/mol. The van der Waals surface area contributed by atoms with Gasteiger partial charge in [0.1, 0.15) is 5.82 Å². The molecule has 29 heavy (non-hydrogen) atoms. The Morgan fingerprint density at radius 2 is 1.72 bits per heavy atom. The van der Waals surface area contributed by atoms with E-state index in [0.717, 1.165) is 29.7 Å². The SMILES string of the molecule is O=C(Cc1ccc(F)cc1)Nc1ccc2c(c1)N(C(=O)c1ccccc1)CCC2. The zero-order chi connectivity index (χ0) is 20.2. The van der Waals surface area contributed by atoms with Crippen LogP contribution in [0.2, 0.25) is 0 Å². The van der Waals surface area contributed by atoms with Crippen LogP contribution in [-0.2, 0) is 17.6 Å². The highest BCUT2D eigenvalue weighted by molar-refractivity contribution is 6.07. The van der Waals surface area contributed by atoms with E-state index < -0.39 is 0 Å². The van der Waals surface area contributed by atoms with Gasteiger partial charge in [-0.3, -0.25) is 9.59 Å². The molecule has 4 nitrogen and oxygen atoms in total. The van der Waals surface area contributed by atoms with E-state index in [1.165, 1.54) is 12.1 Å². The predicted molar refractivity (Wildman–Crippen MR) is 112 cm³/mol. The number of carbonyl (C=O) groups excluding carboxylic acids is 2. The van der Waals surface area contributed by atoms with Crippen LogP contribution in [0.25, 0.3) is 0 Å². The minimum atomic E-state index is -0.327. The molecule has 3 aromatic carbocycles. The van der Waals surface area contributed by atoms with Crippen molar-refractivity contribution in [1.29, 1.82) is 0 Å². The Bertz CT molecular complexity index is 1030. The van der Waals surface area contributed by atoms with Gasteiger partial charge in [0.2, 0.25) is 5.91 Å². The van der Waals surface area contributed by atoms with Gasteiger partial charge in [0.15, 0.2) is 0 Å². The average Bonchev–Trinajstić information content (AvgIpc) is 2.75. The highest BCUT2D eigenvalue weighted by atomic mass is 19.1. The minimum Gasteiger partial charge on any atom is -0.326 e. The number of nitrogens with one attached hydrogen (secondary N) is 1. The molecule has 4 rings (SSSR count). The number of hydrogen-bond donors (Lipinski definition) is 1. The van der Waals surface area contributed by atoms with E-state index in [4.69, 9.17) is 0 Å². The molecule has 0 bridgehead atoms. The van der Waals surface area contributed by atoms with Crippen molar-refractivity contribution in [2.24, 2.45) is 0 Å². The first-order valence-corrected chi connectivity index (χ1v) is 9.64. The monoisotopic (exact) mass is 388 g/mol. The first kappa shape index (κ1) is 18.9. The van der Waals surface area contributed by atoms with E-state index >= 15 is 0 Å². The second kappa shape index (κ2) is 8.27. The maximum absolute atomic E-state index is 13.0. The predicted octanol–water partition coefficient (Wildman–Crippen LogP) is 4.60. The molecule has 0 saturated heterocycles. The number of carbonyl (C=O) groups is 2. The molecule has 0 unspecified atom stereocenters. The van der Waals surface area contributed by atoms with Crippen LogP contribution < -0.4 is 10.2 Å². The summed E-state index contributed by atoms with van der Waals surface area (Å²) >= 11 is 0. The Labute approximate surface area is 169 Å². The standard InChI is InChI=1S/C24H21FN2O2/c25-20-11-8-17(9-12-20)15-23(28)26-21-13-10-18-7-4-14-27(22(18)16-21)24(29)19-5-2-1-3-6-19/h1-3,5-6,8-13,16H,4,7,14-15H2,(H,26,28). The summed E-state index contributed by atoms with van der Waals surface area (Å²) in [6.45, 7) is 0.647. The highest BCUT2D eigenvalue weighted by Crippen LogP contribution is 2.31. The molecule has 0 aliphatic carbocycles. The molecule has 3 aromatic rings. The summed E-state index contributed by atoms with van der Waals surface area (Å²) in [5, 5.41) is 2.88. The van der Waals surface area contributed by atoms with Crippen molar-refractivity contribution < 1.29 is 14.0 Å². The van der Waals surface area contributed by atoms with Gasteiger partial charge in [-0.25, -0.2) is 4.39 Å². The van der Waals surface area contributed by atoms with Crippen LogP contribution in [0, 0.1) is 5.82 Å². The van der Waals surface area contributed by atoms with Gasteiger partial charge < -0.3 is 10.2 Å². The van der Waals surface area contributed by atoms with Gasteiger partial charge >= 0.3 is 0 Å². The molecule has 146 valence electrons. The largest absolute Gasteiger partial charge is 0.326 e. The third-order valence-electron chi connectivity index (χ3n) is 5.03. The van der Waals surface area contributed by atoms with Gasteiger partial charge in [0, 0.05) is 23.5 Å². The second-order valence-electron chi connectivity index (χ2n) is 7.12. The zero-order valence-corrected chi connectivity index (χ0v) is 15.9. The van der Waals surface area contributed by atoms with Gasteiger partial charge in [-0.2, -0.15) is 0 Å². The van der Waals surface area contributed by atoms with Crippen LogP contribution in [0.4, 0.5) is 15.8 Å². The molecule has 1 N–H and O–H groups in total. The molecule has 0 aromatic heterocycles. The molecule has 0 radical (unpaired) electrons. The smallest absolute Gasteiger partial charge is 0.258 e. The molecule has 0 atom stereocenters. The Morgan fingerprint density at radius 1 is 0.966 bits per heavy atom. The number of nitrogens with zero attached hydrogens (tertiary/aromatic N) is 1. The summed E-state index contributed by atoms with van der Waals surface area (Å²) in [7, 11) is 0. The van der Waals surface area contributed by atoms with Gasteiger partial charge in [0.25, 0.3) is 5.91 Å². The third kappa shape index (κ3) is 4.35. The van der Waals surface area contributed by atoms with Crippen LogP contribution in [0.1, 0.15) is 27.9 Å². The Balaban J connectivity index is 1.52. The minimum absolute atomic E-state index is 0.0404. The second-order valence-corrected chi connectivity index (χ2v) is 7.12. The van der Waals surface area contributed by atoms with Crippen LogP contribution in [0.15, 0.2) is 72.8 Å². The van der Waals surface area contributed by atoms with E-state index in [1.807, 2.05) is 48.5 Å². The van der Waals surface area contributed by atoms with E-state index in [0.29, 0.717) is 17.8 Å². The number of rotatable bonds is 4.